The third kappa shape index (κ3) is 2.68. The SMILES string of the molecule is c1c2c(nn1CCN1CCOCC1)CNCC2. The van der Waals surface area contributed by atoms with Crippen LogP contribution in [-0.2, 0) is 24.2 Å². The van der Waals surface area contributed by atoms with Gasteiger partial charge in [0.1, 0.15) is 0 Å². The highest BCUT2D eigenvalue weighted by atomic mass is 16.5. The smallest absolute Gasteiger partial charge is 0.0794 e. The Morgan fingerprint density at radius 1 is 1.29 bits per heavy atom. The molecule has 3 heterocycles. The number of ether oxygens (including phenoxy) is 1. The van der Waals surface area contributed by atoms with Crippen molar-refractivity contribution in [3.8, 4) is 0 Å². The van der Waals surface area contributed by atoms with Crippen molar-refractivity contribution in [2.24, 2.45) is 0 Å². The molecule has 17 heavy (non-hydrogen) atoms. The zero-order chi connectivity index (χ0) is 11.5. The van der Waals surface area contributed by atoms with Gasteiger partial charge in [-0.2, -0.15) is 5.10 Å². The van der Waals surface area contributed by atoms with E-state index in [0.29, 0.717) is 0 Å². The summed E-state index contributed by atoms with van der Waals surface area (Å²) in [5.41, 5.74) is 2.66. The number of hydrogen-bond acceptors (Lipinski definition) is 4. The van der Waals surface area contributed by atoms with Crippen molar-refractivity contribution in [1.29, 1.82) is 0 Å². The van der Waals surface area contributed by atoms with Crippen molar-refractivity contribution >= 4 is 0 Å². The van der Waals surface area contributed by atoms with E-state index in [-0.39, 0.29) is 0 Å². The summed E-state index contributed by atoms with van der Waals surface area (Å²) in [5.74, 6) is 0. The number of rotatable bonds is 3. The molecule has 0 atom stereocenters. The summed E-state index contributed by atoms with van der Waals surface area (Å²) in [6.07, 6.45) is 3.34. The zero-order valence-electron chi connectivity index (χ0n) is 10.2. The van der Waals surface area contributed by atoms with Crippen LogP contribution < -0.4 is 5.32 Å². The van der Waals surface area contributed by atoms with E-state index < -0.39 is 0 Å². The highest BCUT2D eigenvalue weighted by Crippen LogP contribution is 2.11. The molecule has 0 saturated carbocycles. The molecule has 0 radical (unpaired) electrons. The lowest BCUT2D eigenvalue weighted by molar-refractivity contribution is 0.0359. The number of hydrogen-bond donors (Lipinski definition) is 1. The molecule has 2 aliphatic rings. The van der Waals surface area contributed by atoms with E-state index >= 15 is 0 Å². The van der Waals surface area contributed by atoms with Crippen LogP contribution in [0.5, 0.6) is 0 Å². The first-order chi connectivity index (χ1) is 8.42. The maximum absolute atomic E-state index is 5.35. The predicted molar refractivity (Wildman–Crippen MR) is 64.9 cm³/mol. The molecule has 2 aliphatic heterocycles. The summed E-state index contributed by atoms with van der Waals surface area (Å²) in [4.78, 5) is 2.45. The van der Waals surface area contributed by atoms with Crippen molar-refractivity contribution in [2.45, 2.75) is 19.5 Å². The molecule has 0 amide bonds. The highest BCUT2D eigenvalue weighted by Gasteiger charge is 2.14. The molecule has 5 heteroatoms. The van der Waals surface area contributed by atoms with Gasteiger partial charge in [-0.1, -0.05) is 0 Å². The van der Waals surface area contributed by atoms with Gasteiger partial charge in [-0.25, -0.2) is 0 Å². The molecule has 0 aromatic carbocycles. The Kier molecular flexibility index (Phi) is 3.40. The van der Waals surface area contributed by atoms with Crippen LogP contribution in [0.3, 0.4) is 0 Å². The van der Waals surface area contributed by atoms with Crippen molar-refractivity contribution in [3.05, 3.63) is 17.5 Å². The van der Waals surface area contributed by atoms with Crippen LogP contribution in [0.15, 0.2) is 6.20 Å². The maximum atomic E-state index is 5.35. The lowest BCUT2D eigenvalue weighted by Crippen LogP contribution is -2.38. The number of nitrogens with one attached hydrogen (secondary N) is 1. The van der Waals surface area contributed by atoms with E-state index in [4.69, 9.17) is 4.74 Å². The van der Waals surface area contributed by atoms with Crippen LogP contribution in [0.1, 0.15) is 11.3 Å². The fourth-order valence-corrected chi connectivity index (χ4v) is 2.47. The monoisotopic (exact) mass is 236 g/mol. The summed E-state index contributed by atoms with van der Waals surface area (Å²) in [6.45, 7) is 7.95. The second-order valence-electron chi connectivity index (χ2n) is 4.74. The summed E-state index contributed by atoms with van der Waals surface area (Å²) in [5, 5.41) is 7.99. The van der Waals surface area contributed by atoms with Crippen LogP contribution in [-0.4, -0.2) is 54.1 Å². The Morgan fingerprint density at radius 2 is 2.18 bits per heavy atom. The molecule has 3 rings (SSSR count). The van der Waals surface area contributed by atoms with E-state index in [2.05, 4.69) is 26.2 Å². The van der Waals surface area contributed by atoms with Crippen molar-refractivity contribution in [3.63, 3.8) is 0 Å². The third-order valence-electron chi connectivity index (χ3n) is 3.54. The minimum atomic E-state index is 0.875. The molecule has 1 aromatic rings. The third-order valence-corrected chi connectivity index (χ3v) is 3.54. The quantitative estimate of drug-likeness (QED) is 0.793. The van der Waals surface area contributed by atoms with Crippen LogP contribution in [0, 0.1) is 0 Å². The van der Waals surface area contributed by atoms with Gasteiger partial charge in [-0.3, -0.25) is 9.58 Å². The Bertz CT molecular complexity index is 347. The summed E-state index contributed by atoms with van der Waals surface area (Å²) < 4.78 is 7.45. The molecule has 5 nitrogen and oxygen atoms in total. The van der Waals surface area contributed by atoms with E-state index in [1.54, 1.807) is 0 Å². The summed E-state index contributed by atoms with van der Waals surface area (Å²) >= 11 is 0. The topological polar surface area (TPSA) is 42.3 Å². The van der Waals surface area contributed by atoms with E-state index in [1.165, 1.54) is 11.3 Å². The first kappa shape index (κ1) is 11.2. The Balaban J connectivity index is 1.55. The zero-order valence-corrected chi connectivity index (χ0v) is 10.2. The molecule has 0 spiro atoms. The Labute approximate surface area is 102 Å². The number of fused-ring (bicyclic) bond motifs is 1. The van der Waals surface area contributed by atoms with Gasteiger partial charge in [0.25, 0.3) is 0 Å². The van der Waals surface area contributed by atoms with Crippen molar-refractivity contribution in [1.82, 2.24) is 20.0 Å². The lowest BCUT2D eigenvalue weighted by atomic mass is 10.1. The first-order valence-corrected chi connectivity index (χ1v) is 6.48. The van der Waals surface area contributed by atoms with Crippen LogP contribution in [0.2, 0.25) is 0 Å². The molecular weight excluding hydrogens is 216 g/mol. The molecule has 0 aliphatic carbocycles. The fourth-order valence-electron chi connectivity index (χ4n) is 2.47. The van der Waals surface area contributed by atoms with Gasteiger partial charge in [-0.15, -0.1) is 0 Å². The Morgan fingerprint density at radius 3 is 3.00 bits per heavy atom. The first-order valence-electron chi connectivity index (χ1n) is 6.48. The van der Waals surface area contributed by atoms with E-state index in [9.17, 15) is 0 Å². The molecular formula is C12H20N4O. The van der Waals surface area contributed by atoms with Gasteiger partial charge >= 0.3 is 0 Å². The summed E-state index contributed by atoms with van der Waals surface area (Å²) in [6, 6.07) is 0. The minimum absolute atomic E-state index is 0.875. The van der Waals surface area contributed by atoms with Crippen LogP contribution in [0.4, 0.5) is 0 Å². The fraction of sp³-hybridized carbons (Fsp3) is 0.750. The number of aromatic nitrogens is 2. The van der Waals surface area contributed by atoms with Gasteiger partial charge < -0.3 is 10.1 Å². The average Bonchev–Trinajstić information content (AvgIpc) is 2.80. The standard InChI is InChI=1S/C12H20N4O/c1-2-13-9-12-11(1)10-16(14-12)4-3-15-5-7-17-8-6-15/h10,13H,1-9H2. The second-order valence-corrected chi connectivity index (χ2v) is 4.74. The molecule has 1 N–H and O–H groups in total. The number of nitrogens with zero attached hydrogens (tertiary/aromatic N) is 3. The van der Waals surface area contributed by atoms with E-state index in [0.717, 1.165) is 58.9 Å². The predicted octanol–water partition coefficient (Wildman–Crippen LogP) is -0.139. The second kappa shape index (κ2) is 5.16. The largest absolute Gasteiger partial charge is 0.379 e. The lowest BCUT2D eigenvalue weighted by Gasteiger charge is -2.26. The average molecular weight is 236 g/mol. The molecule has 1 aromatic heterocycles. The number of morpholine rings is 1. The molecule has 94 valence electrons. The van der Waals surface area contributed by atoms with Crippen molar-refractivity contribution in [2.75, 3.05) is 39.4 Å². The van der Waals surface area contributed by atoms with Gasteiger partial charge in [-0.05, 0) is 18.5 Å². The van der Waals surface area contributed by atoms with Gasteiger partial charge in [0.15, 0.2) is 0 Å². The van der Waals surface area contributed by atoms with E-state index in [1.807, 2.05) is 0 Å². The Hall–Kier alpha value is -0.910. The molecule has 1 fully saturated rings. The maximum Gasteiger partial charge on any atom is 0.0794 e. The van der Waals surface area contributed by atoms with Gasteiger partial charge in [0.05, 0.1) is 25.5 Å². The van der Waals surface area contributed by atoms with Crippen LogP contribution in [0.25, 0.3) is 0 Å². The van der Waals surface area contributed by atoms with Crippen molar-refractivity contribution < 1.29 is 4.74 Å². The molecule has 0 unspecified atom stereocenters. The van der Waals surface area contributed by atoms with Crippen LogP contribution >= 0.6 is 0 Å². The molecule has 0 bridgehead atoms. The van der Waals surface area contributed by atoms with Gasteiger partial charge in [0.2, 0.25) is 0 Å². The normalized spacial score (nSPS) is 21.4. The van der Waals surface area contributed by atoms with Gasteiger partial charge in [0, 0.05) is 32.4 Å². The minimum Gasteiger partial charge on any atom is -0.379 e. The summed E-state index contributed by atoms with van der Waals surface area (Å²) in [7, 11) is 0. The molecule has 1 saturated heterocycles. The highest BCUT2D eigenvalue weighted by molar-refractivity contribution is 5.19.